The van der Waals surface area contributed by atoms with Gasteiger partial charge in [0, 0.05) is 11.3 Å². The molecule has 1 aromatic carbocycles. The molecule has 0 saturated heterocycles. The summed E-state index contributed by atoms with van der Waals surface area (Å²) in [7, 11) is 0. The first-order valence-electron chi connectivity index (χ1n) is 5.01. The van der Waals surface area contributed by atoms with Crippen LogP contribution in [0.1, 0.15) is 37.0 Å². The van der Waals surface area contributed by atoms with Gasteiger partial charge in [0.15, 0.2) is 0 Å². The number of anilines is 1. The molecule has 0 radical (unpaired) electrons. The Morgan fingerprint density at radius 2 is 2.00 bits per heavy atom. The Kier molecular flexibility index (Phi) is 3.80. The number of halogens is 3. The van der Waals surface area contributed by atoms with Crippen LogP contribution in [0.25, 0.3) is 0 Å². The number of rotatable bonds is 3. The van der Waals surface area contributed by atoms with Crippen LogP contribution in [-0.2, 0) is 6.18 Å². The molecule has 0 aliphatic heterocycles. The van der Waals surface area contributed by atoms with Crippen molar-refractivity contribution in [2.45, 2.75) is 32.0 Å². The van der Waals surface area contributed by atoms with Gasteiger partial charge in [0.1, 0.15) is 0 Å². The minimum absolute atomic E-state index is 0.150. The van der Waals surface area contributed by atoms with Gasteiger partial charge in [-0.1, -0.05) is 13.3 Å². The van der Waals surface area contributed by atoms with E-state index < -0.39 is 17.8 Å². The van der Waals surface area contributed by atoms with E-state index in [1.807, 2.05) is 6.92 Å². The molecule has 1 atom stereocenters. The Bertz CT molecular complexity index is 363. The van der Waals surface area contributed by atoms with Gasteiger partial charge in [0.25, 0.3) is 0 Å². The van der Waals surface area contributed by atoms with Crippen LogP contribution in [0.5, 0.6) is 0 Å². The fourth-order valence-corrected chi connectivity index (χ4v) is 1.47. The largest absolute Gasteiger partial charge is 0.416 e. The van der Waals surface area contributed by atoms with Gasteiger partial charge in [-0.05, 0) is 24.6 Å². The summed E-state index contributed by atoms with van der Waals surface area (Å²) in [6.45, 7) is 1.84. The third-order valence-corrected chi connectivity index (χ3v) is 2.34. The number of alkyl halides is 3. The molecule has 0 saturated carbocycles. The monoisotopic (exact) mass is 233 g/mol. The van der Waals surface area contributed by atoms with E-state index >= 15 is 0 Å². The fourth-order valence-electron chi connectivity index (χ4n) is 1.47. The summed E-state index contributed by atoms with van der Waals surface area (Å²) < 4.78 is 37.3. The van der Waals surface area contributed by atoms with Crippen LogP contribution in [0.2, 0.25) is 0 Å². The number of aliphatic hydroxyl groups excluding tert-OH is 1. The SMILES string of the molecule is CCCC(O)c1cc(C(F)(F)F)ccc1N. The van der Waals surface area contributed by atoms with E-state index in [1.165, 1.54) is 6.07 Å². The Labute approximate surface area is 91.9 Å². The van der Waals surface area contributed by atoms with Crippen LogP contribution in [0.3, 0.4) is 0 Å². The molecule has 3 N–H and O–H groups in total. The minimum atomic E-state index is -4.41. The molecule has 0 bridgehead atoms. The van der Waals surface area contributed by atoms with Crippen LogP contribution in [0.15, 0.2) is 18.2 Å². The quantitative estimate of drug-likeness (QED) is 0.788. The van der Waals surface area contributed by atoms with Gasteiger partial charge in [-0.2, -0.15) is 13.2 Å². The van der Waals surface area contributed by atoms with Crippen LogP contribution in [-0.4, -0.2) is 5.11 Å². The highest BCUT2D eigenvalue weighted by Gasteiger charge is 2.31. The van der Waals surface area contributed by atoms with E-state index in [4.69, 9.17) is 5.73 Å². The van der Waals surface area contributed by atoms with Crippen molar-refractivity contribution in [2.24, 2.45) is 0 Å². The molecule has 16 heavy (non-hydrogen) atoms. The predicted molar refractivity (Wildman–Crippen MR) is 55.7 cm³/mol. The first-order valence-corrected chi connectivity index (χ1v) is 5.01. The molecule has 0 spiro atoms. The second-order valence-electron chi connectivity index (χ2n) is 3.65. The summed E-state index contributed by atoms with van der Waals surface area (Å²) in [5, 5.41) is 9.64. The Morgan fingerprint density at radius 3 is 2.50 bits per heavy atom. The molecular weight excluding hydrogens is 219 g/mol. The van der Waals surface area contributed by atoms with Crippen LogP contribution in [0.4, 0.5) is 18.9 Å². The molecule has 1 aromatic rings. The molecular formula is C11H14F3NO. The third-order valence-electron chi connectivity index (χ3n) is 2.34. The molecule has 1 unspecified atom stereocenters. The highest BCUT2D eigenvalue weighted by molar-refractivity contribution is 5.50. The predicted octanol–water partition coefficient (Wildman–Crippen LogP) is 3.12. The number of hydrogen-bond donors (Lipinski definition) is 2. The summed E-state index contributed by atoms with van der Waals surface area (Å²) in [5.41, 5.74) is 5.09. The van der Waals surface area contributed by atoms with Crippen molar-refractivity contribution in [3.63, 3.8) is 0 Å². The normalized spacial score (nSPS) is 13.8. The van der Waals surface area contributed by atoms with Crippen molar-refractivity contribution in [3.05, 3.63) is 29.3 Å². The Balaban J connectivity index is 3.09. The minimum Gasteiger partial charge on any atom is -0.398 e. The number of nitrogens with two attached hydrogens (primary N) is 1. The van der Waals surface area contributed by atoms with Crippen LogP contribution in [0, 0.1) is 0 Å². The average molecular weight is 233 g/mol. The second-order valence-corrected chi connectivity index (χ2v) is 3.65. The van der Waals surface area contributed by atoms with E-state index in [9.17, 15) is 18.3 Å². The van der Waals surface area contributed by atoms with Gasteiger partial charge in [-0.25, -0.2) is 0 Å². The van der Waals surface area contributed by atoms with Crippen molar-refractivity contribution in [1.29, 1.82) is 0 Å². The maximum atomic E-state index is 12.4. The van der Waals surface area contributed by atoms with Crippen molar-refractivity contribution in [2.75, 3.05) is 5.73 Å². The summed E-state index contributed by atoms with van der Waals surface area (Å²) in [6, 6.07) is 3.00. The van der Waals surface area contributed by atoms with Gasteiger partial charge in [0.05, 0.1) is 11.7 Å². The average Bonchev–Trinajstić information content (AvgIpc) is 2.16. The number of hydrogen-bond acceptors (Lipinski definition) is 2. The summed E-state index contributed by atoms with van der Waals surface area (Å²) in [5.74, 6) is 0. The molecule has 0 heterocycles. The maximum absolute atomic E-state index is 12.4. The zero-order valence-corrected chi connectivity index (χ0v) is 8.88. The van der Waals surface area contributed by atoms with Crippen molar-refractivity contribution >= 4 is 5.69 Å². The lowest BCUT2D eigenvalue weighted by molar-refractivity contribution is -0.137. The van der Waals surface area contributed by atoms with E-state index in [0.29, 0.717) is 12.8 Å². The third kappa shape index (κ3) is 2.88. The summed E-state index contributed by atoms with van der Waals surface area (Å²) >= 11 is 0. The van der Waals surface area contributed by atoms with E-state index in [2.05, 4.69) is 0 Å². The topological polar surface area (TPSA) is 46.2 Å². The molecule has 0 amide bonds. The lowest BCUT2D eigenvalue weighted by atomic mass is 10.0. The van der Waals surface area contributed by atoms with Crippen molar-refractivity contribution in [1.82, 2.24) is 0 Å². The lowest BCUT2D eigenvalue weighted by Gasteiger charge is -2.15. The van der Waals surface area contributed by atoms with Crippen LogP contribution < -0.4 is 5.73 Å². The zero-order chi connectivity index (χ0) is 12.3. The molecule has 0 aliphatic carbocycles. The van der Waals surface area contributed by atoms with Gasteiger partial charge in [0.2, 0.25) is 0 Å². The first-order chi connectivity index (χ1) is 7.36. The molecule has 0 fully saturated rings. The number of benzene rings is 1. The van der Waals surface area contributed by atoms with Gasteiger partial charge < -0.3 is 10.8 Å². The van der Waals surface area contributed by atoms with Crippen LogP contribution >= 0.6 is 0 Å². The molecule has 0 aromatic heterocycles. The first kappa shape index (κ1) is 12.8. The Hall–Kier alpha value is -1.23. The standard InChI is InChI=1S/C11H14F3NO/c1-2-3-10(16)8-6-7(11(12,13)14)4-5-9(8)15/h4-6,10,16H,2-3,15H2,1H3. The molecule has 1 rings (SSSR count). The summed E-state index contributed by atoms with van der Waals surface area (Å²) in [4.78, 5) is 0. The molecule has 90 valence electrons. The zero-order valence-electron chi connectivity index (χ0n) is 8.88. The van der Waals surface area contributed by atoms with Crippen molar-refractivity contribution in [3.8, 4) is 0 Å². The van der Waals surface area contributed by atoms with E-state index in [0.717, 1.165) is 12.1 Å². The highest BCUT2D eigenvalue weighted by atomic mass is 19.4. The highest BCUT2D eigenvalue weighted by Crippen LogP contribution is 2.33. The maximum Gasteiger partial charge on any atom is 0.416 e. The molecule has 2 nitrogen and oxygen atoms in total. The van der Waals surface area contributed by atoms with Crippen molar-refractivity contribution < 1.29 is 18.3 Å². The van der Waals surface area contributed by atoms with E-state index in [1.54, 1.807) is 0 Å². The number of nitrogen functional groups attached to an aromatic ring is 1. The van der Waals surface area contributed by atoms with Gasteiger partial charge in [-0.3, -0.25) is 0 Å². The van der Waals surface area contributed by atoms with E-state index in [-0.39, 0.29) is 11.3 Å². The fraction of sp³-hybridized carbons (Fsp3) is 0.455. The number of aliphatic hydroxyl groups is 1. The Morgan fingerprint density at radius 1 is 1.38 bits per heavy atom. The van der Waals surface area contributed by atoms with Gasteiger partial charge >= 0.3 is 6.18 Å². The smallest absolute Gasteiger partial charge is 0.398 e. The summed E-state index contributed by atoms with van der Waals surface area (Å²) in [6.07, 6.45) is -4.27. The second kappa shape index (κ2) is 4.74. The lowest BCUT2D eigenvalue weighted by Crippen LogP contribution is -2.09. The molecule has 0 aliphatic rings. The molecule has 5 heteroatoms. The van der Waals surface area contributed by atoms with Gasteiger partial charge in [-0.15, -0.1) is 0 Å².